The zero-order valence-corrected chi connectivity index (χ0v) is 13.7. The van der Waals surface area contributed by atoms with Gasteiger partial charge in [0, 0.05) is 18.5 Å². The number of aromatic nitrogens is 3. The fourth-order valence-corrected chi connectivity index (χ4v) is 2.96. The van der Waals surface area contributed by atoms with Crippen LogP contribution in [0.4, 0.5) is 0 Å². The first-order valence-electron chi connectivity index (χ1n) is 7.76. The van der Waals surface area contributed by atoms with Crippen molar-refractivity contribution in [2.75, 3.05) is 12.4 Å². The molecule has 0 N–H and O–H groups in total. The molecule has 0 aliphatic rings. The third-order valence-electron chi connectivity index (χ3n) is 3.78. The van der Waals surface area contributed by atoms with E-state index in [1.165, 1.54) is 5.52 Å². The van der Waals surface area contributed by atoms with Crippen molar-refractivity contribution in [3.05, 3.63) is 36.3 Å². The Kier molecular flexibility index (Phi) is 4.95. The zero-order chi connectivity index (χ0) is 15.4. The second kappa shape index (κ2) is 7.11. The van der Waals surface area contributed by atoms with Crippen molar-refractivity contribution < 1.29 is 4.74 Å². The number of hydrogen-bond acceptors (Lipinski definition) is 4. The molecule has 4 nitrogen and oxygen atoms in total. The van der Waals surface area contributed by atoms with Crippen LogP contribution in [0, 0.1) is 0 Å². The van der Waals surface area contributed by atoms with Gasteiger partial charge in [-0.15, -0.1) is 0 Å². The Morgan fingerprint density at radius 2 is 2.05 bits per heavy atom. The molecule has 3 aromatic rings. The highest BCUT2D eigenvalue weighted by atomic mass is 32.1. The fraction of sp³-hybridized carbons (Fsp3) is 0.412. The summed E-state index contributed by atoms with van der Waals surface area (Å²) in [5.74, 6) is 1.89. The highest BCUT2D eigenvalue weighted by Crippen LogP contribution is 2.25. The predicted octanol–water partition coefficient (Wildman–Crippen LogP) is 3.83. The summed E-state index contributed by atoms with van der Waals surface area (Å²) < 4.78 is 7.88. The number of unbranched alkanes of at least 4 members (excludes halogenated alkanes) is 1. The Balaban J connectivity index is 2.12. The Hall–Kier alpha value is -1.59. The number of thiol groups is 1. The first-order chi connectivity index (χ1) is 10.8. The lowest BCUT2D eigenvalue weighted by atomic mass is 10.2. The van der Waals surface area contributed by atoms with Gasteiger partial charge in [-0.05, 0) is 31.6 Å². The third-order valence-corrected chi connectivity index (χ3v) is 4.10. The Morgan fingerprint density at radius 1 is 1.18 bits per heavy atom. The van der Waals surface area contributed by atoms with E-state index in [2.05, 4.69) is 34.3 Å². The number of hydrogen-bond donors (Lipinski definition) is 1. The number of nitrogens with zero attached hydrogens (tertiary/aromatic N) is 3. The van der Waals surface area contributed by atoms with Gasteiger partial charge in [0.15, 0.2) is 0 Å². The SMILES string of the molecule is CCOCc1nc2cnc3ccccc3c2n1CCCCS. The molecule has 0 amide bonds. The number of ether oxygens (including phenoxy) is 1. The molecule has 0 saturated carbocycles. The lowest BCUT2D eigenvalue weighted by molar-refractivity contribution is 0.126. The molecular formula is C17H21N3OS. The predicted molar refractivity (Wildman–Crippen MR) is 93.5 cm³/mol. The molecule has 0 aliphatic heterocycles. The molecule has 0 saturated heterocycles. The first kappa shape index (κ1) is 15.3. The van der Waals surface area contributed by atoms with E-state index in [0.717, 1.165) is 47.4 Å². The fourth-order valence-electron chi connectivity index (χ4n) is 2.74. The number of fused-ring (bicyclic) bond motifs is 3. The van der Waals surface area contributed by atoms with Crippen LogP contribution in [0.1, 0.15) is 25.6 Å². The Labute approximate surface area is 135 Å². The molecule has 0 aliphatic carbocycles. The molecule has 2 heterocycles. The highest BCUT2D eigenvalue weighted by molar-refractivity contribution is 7.80. The maximum atomic E-state index is 5.59. The number of pyridine rings is 1. The number of benzene rings is 1. The van der Waals surface area contributed by atoms with Crippen molar-refractivity contribution >= 4 is 34.6 Å². The normalized spacial score (nSPS) is 11.5. The summed E-state index contributed by atoms with van der Waals surface area (Å²) in [6, 6.07) is 8.23. The monoisotopic (exact) mass is 315 g/mol. The first-order valence-corrected chi connectivity index (χ1v) is 8.40. The van der Waals surface area contributed by atoms with Crippen molar-refractivity contribution in [2.24, 2.45) is 0 Å². The van der Waals surface area contributed by atoms with Gasteiger partial charge in [0.1, 0.15) is 17.9 Å². The number of para-hydroxylation sites is 1. The van der Waals surface area contributed by atoms with Gasteiger partial charge in [-0.1, -0.05) is 18.2 Å². The van der Waals surface area contributed by atoms with E-state index in [1.807, 2.05) is 25.3 Å². The highest BCUT2D eigenvalue weighted by Gasteiger charge is 2.13. The Bertz CT molecular complexity index is 769. The molecule has 0 fully saturated rings. The number of aryl methyl sites for hydroxylation is 1. The van der Waals surface area contributed by atoms with Crippen LogP contribution in [0.5, 0.6) is 0 Å². The summed E-state index contributed by atoms with van der Waals surface area (Å²) >= 11 is 4.31. The van der Waals surface area contributed by atoms with Crippen LogP contribution >= 0.6 is 12.6 Å². The van der Waals surface area contributed by atoms with Gasteiger partial charge in [0.2, 0.25) is 0 Å². The molecule has 1 aromatic carbocycles. The van der Waals surface area contributed by atoms with Gasteiger partial charge < -0.3 is 9.30 Å². The molecule has 116 valence electrons. The van der Waals surface area contributed by atoms with Gasteiger partial charge in [0.05, 0.1) is 17.2 Å². The summed E-state index contributed by atoms with van der Waals surface area (Å²) in [6.07, 6.45) is 4.05. The minimum absolute atomic E-state index is 0.542. The van der Waals surface area contributed by atoms with E-state index in [0.29, 0.717) is 13.2 Å². The van der Waals surface area contributed by atoms with Crippen molar-refractivity contribution in [2.45, 2.75) is 32.9 Å². The smallest absolute Gasteiger partial charge is 0.136 e. The summed E-state index contributed by atoms with van der Waals surface area (Å²) in [7, 11) is 0. The lowest BCUT2D eigenvalue weighted by Gasteiger charge is -2.10. The van der Waals surface area contributed by atoms with E-state index in [1.54, 1.807) is 0 Å². The molecule has 22 heavy (non-hydrogen) atoms. The molecule has 0 atom stereocenters. The molecule has 0 radical (unpaired) electrons. The molecule has 0 unspecified atom stereocenters. The molecule has 3 rings (SSSR count). The molecule has 0 spiro atoms. The van der Waals surface area contributed by atoms with E-state index < -0.39 is 0 Å². The van der Waals surface area contributed by atoms with Gasteiger partial charge in [-0.25, -0.2) is 4.98 Å². The van der Waals surface area contributed by atoms with Crippen molar-refractivity contribution in [1.29, 1.82) is 0 Å². The summed E-state index contributed by atoms with van der Waals surface area (Å²) in [5, 5.41) is 1.15. The van der Waals surface area contributed by atoms with Crippen LogP contribution < -0.4 is 0 Å². The van der Waals surface area contributed by atoms with Crippen molar-refractivity contribution in [1.82, 2.24) is 14.5 Å². The van der Waals surface area contributed by atoms with E-state index in [9.17, 15) is 0 Å². The number of rotatable bonds is 7. The summed E-state index contributed by atoms with van der Waals surface area (Å²) in [6.45, 7) is 4.18. The van der Waals surface area contributed by atoms with Crippen molar-refractivity contribution in [3.8, 4) is 0 Å². The standard InChI is InChI=1S/C17H21N3OS/c1-2-21-12-16-19-15-11-18-14-8-4-3-7-13(14)17(15)20(16)9-5-6-10-22/h3-4,7-8,11,22H,2,5-6,9-10,12H2,1H3. The molecule has 5 heteroatoms. The minimum Gasteiger partial charge on any atom is -0.374 e. The lowest BCUT2D eigenvalue weighted by Crippen LogP contribution is -2.06. The van der Waals surface area contributed by atoms with Gasteiger partial charge in [-0.2, -0.15) is 12.6 Å². The van der Waals surface area contributed by atoms with E-state index in [-0.39, 0.29) is 0 Å². The van der Waals surface area contributed by atoms with Gasteiger partial charge >= 0.3 is 0 Å². The molecule has 0 bridgehead atoms. The van der Waals surface area contributed by atoms with Gasteiger partial charge in [-0.3, -0.25) is 4.98 Å². The van der Waals surface area contributed by atoms with Gasteiger partial charge in [0.25, 0.3) is 0 Å². The Morgan fingerprint density at radius 3 is 2.86 bits per heavy atom. The summed E-state index contributed by atoms with van der Waals surface area (Å²) in [4.78, 5) is 9.25. The zero-order valence-electron chi connectivity index (χ0n) is 12.8. The van der Waals surface area contributed by atoms with Crippen LogP contribution in [-0.2, 0) is 17.9 Å². The molecule has 2 aromatic heterocycles. The average Bonchev–Trinajstić information content (AvgIpc) is 2.91. The molecular weight excluding hydrogens is 294 g/mol. The number of imidazole rings is 1. The quantitative estimate of drug-likeness (QED) is 0.532. The third kappa shape index (κ3) is 2.96. The summed E-state index contributed by atoms with van der Waals surface area (Å²) in [5.41, 5.74) is 3.12. The maximum absolute atomic E-state index is 5.59. The van der Waals surface area contributed by atoms with Crippen LogP contribution in [0.3, 0.4) is 0 Å². The van der Waals surface area contributed by atoms with E-state index >= 15 is 0 Å². The second-order valence-electron chi connectivity index (χ2n) is 5.26. The minimum atomic E-state index is 0.542. The topological polar surface area (TPSA) is 39.9 Å². The second-order valence-corrected chi connectivity index (χ2v) is 5.70. The average molecular weight is 315 g/mol. The largest absolute Gasteiger partial charge is 0.374 e. The van der Waals surface area contributed by atoms with Crippen LogP contribution in [0.15, 0.2) is 30.5 Å². The van der Waals surface area contributed by atoms with Crippen LogP contribution in [-0.4, -0.2) is 26.9 Å². The van der Waals surface area contributed by atoms with E-state index in [4.69, 9.17) is 9.72 Å². The van der Waals surface area contributed by atoms with Crippen LogP contribution in [0.2, 0.25) is 0 Å². The van der Waals surface area contributed by atoms with Crippen molar-refractivity contribution in [3.63, 3.8) is 0 Å². The maximum Gasteiger partial charge on any atom is 0.136 e. The van der Waals surface area contributed by atoms with Crippen LogP contribution in [0.25, 0.3) is 21.9 Å².